The molecule has 182 valence electrons. The maximum Gasteiger partial charge on any atom is 0.254 e. The first-order valence-corrected chi connectivity index (χ1v) is 13.3. The molecule has 0 radical (unpaired) electrons. The van der Waals surface area contributed by atoms with Crippen molar-refractivity contribution in [1.82, 2.24) is 5.32 Å². The number of nitrogens with zero attached hydrogens (tertiary/aromatic N) is 1. The summed E-state index contributed by atoms with van der Waals surface area (Å²) in [5.74, 6) is -0.967. The molecule has 0 bridgehead atoms. The normalized spacial score (nSPS) is 15.2. The Morgan fingerprint density at radius 1 is 1.08 bits per heavy atom. The van der Waals surface area contributed by atoms with Crippen LogP contribution in [0.5, 0.6) is 0 Å². The van der Waals surface area contributed by atoms with Crippen LogP contribution in [0.15, 0.2) is 87.9 Å². The van der Waals surface area contributed by atoms with Crippen molar-refractivity contribution in [3.63, 3.8) is 0 Å². The van der Waals surface area contributed by atoms with Gasteiger partial charge in [-0.1, -0.05) is 53.7 Å². The lowest BCUT2D eigenvalue weighted by molar-refractivity contribution is -0.114. The molecule has 0 spiro atoms. The first kappa shape index (κ1) is 25.6. The van der Waals surface area contributed by atoms with Gasteiger partial charge in [0.15, 0.2) is 0 Å². The van der Waals surface area contributed by atoms with Gasteiger partial charge in [0.25, 0.3) is 5.91 Å². The molecule has 6 nitrogen and oxygen atoms in total. The van der Waals surface area contributed by atoms with E-state index in [9.17, 15) is 14.9 Å². The molecule has 0 aliphatic carbocycles. The zero-order chi connectivity index (χ0) is 25.7. The number of halogens is 1. The molecular formula is C27H23ClN4O2S2. The molecule has 0 unspecified atom stereocenters. The van der Waals surface area contributed by atoms with Gasteiger partial charge in [0, 0.05) is 32.5 Å². The van der Waals surface area contributed by atoms with Gasteiger partial charge in [-0.3, -0.25) is 9.59 Å². The van der Waals surface area contributed by atoms with Crippen LogP contribution in [0.4, 0.5) is 11.4 Å². The van der Waals surface area contributed by atoms with Crippen LogP contribution in [0.25, 0.3) is 0 Å². The standard InChI is InChI=1S/C27H23ClN4O2S2/c1-16-20(28)10-6-11-21(16)32-23(33)15-36-27-19(14-29)25(22-12-7-13-35-22)24(17(2)30-27)26(34)31-18-8-4-3-5-9-18/h3-13,25,30H,15H2,1-2H3,(H,31,34)(H,32,33)/t25-/m0/s1. The van der Waals surface area contributed by atoms with Crippen LogP contribution in [0.3, 0.4) is 0 Å². The van der Waals surface area contributed by atoms with E-state index in [4.69, 9.17) is 11.6 Å². The molecule has 36 heavy (non-hydrogen) atoms. The number of thiophene rings is 1. The molecule has 3 aromatic rings. The van der Waals surface area contributed by atoms with Crippen LogP contribution in [-0.4, -0.2) is 17.6 Å². The van der Waals surface area contributed by atoms with Gasteiger partial charge in [0.2, 0.25) is 5.91 Å². The van der Waals surface area contributed by atoms with Crippen molar-refractivity contribution in [1.29, 1.82) is 5.26 Å². The second-order valence-corrected chi connectivity index (χ2v) is 10.4. The third kappa shape index (κ3) is 5.65. The third-order valence-corrected chi connectivity index (χ3v) is 8.00. The quantitative estimate of drug-likeness (QED) is 0.325. The van der Waals surface area contributed by atoms with Crippen LogP contribution in [0.2, 0.25) is 5.02 Å². The minimum absolute atomic E-state index is 0.0788. The van der Waals surface area contributed by atoms with Gasteiger partial charge in [-0.15, -0.1) is 11.3 Å². The Labute approximate surface area is 223 Å². The Morgan fingerprint density at radius 3 is 2.56 bits per heavy atom. The van der Waals surface area contributed by atoms with E-state index in [1.165, 1.54) is 23.1 Å². The van der Waals surface area contributed by atoms with E-state index in [0.29, 0.717) is 38.3 Å². The predicted molar refractivity (Wildman–Crippen MR) is 148 cm³/mol. The van der Waals surface area contributed by atoms with Crippen molar-refractivity contribution >= 4 is 57.9 Å². The maximum absolute atomic E-state index is 13.4. The van der Waals surface area contributed by atoms with Crippen LogP contribution < -0.4 is 16.0 Å². The summed E-state index contributed by atoms with van der Waals surface area (Å²) >= 11 is 8.87. The number of carbonyl (C=O) groups is 2. The number of benzene rings is 2. The van der Waals surface area contributed by atoms with E-state index in [-0.39, 0.29) is 17.6 Å². The molecule has 1 aliphatic rings. The maximum atomic E-state index is 13.4. The molecule has 1 aliphatic heterocycles. The number of hydrogen-bond acceptors (Lipinski definition) is 6. The third-order valence-electron chi connectivity index (χ3n) is 5.64. The summed E-state index contributed by atoms with van der Waals surface area (Å²) in [6, 6.07) is 20.6. The van der Waals surface area contributed by atoms with Crippen LogP contribution in [-0.2, 0) is 9.59 Å². The molecule has 1 atom stereocenters. The molecule has 0 saturated carbocycles. The molecule has 2 aromatic carbocycles. The largest absolute Gasteiger partial charge is 0.353 e. The number of allylic oxidation sites excluding steroid dienone is 2. The summed E-state index contributed by atoms with van der Waals surface area (Å²) in [4.78, 5) is 26.9. The zero-order valence-corrected chi connectivity index (χ0v) is 22.0. The second kappa shape index (κ2) is 11.5. The molecular weight excluding hydrogens is 512 g/mol. The SMILES string of the molecule is CC1=C(C(=O)Nc2ccccc2)[C@H](c2cccs2)C(C#N)=C(SCC(=O)Nc2cccc(Cl)c2C)N1. The lowest BCUT2D eigenvalue weighted by atomic mass is 9.86. The number of nitrogens with one attached hydrogen (secondary N) is 3. The van der Waals surface area contributed by atoms with Gasteiger partial charge in [-0.25, -0.2) is 0 Å². The molecule has 4 rings (SSSR count). The fraction of sp³-hybridized carbons (Fsp3) is 0.148. The molecule has 0 fully saturated rings. The average molecular weight is 535 g/mol. The number of carbonyl (C=O) groups excluding carboxylic acids is 2. The highest BCUT2D eigenvalue weighted by molar-refractivity contribution is 8.03. The second-order valence-electron chi connectivity index (χ2n) is 8.04. The zero-order valence-electron chi connectivity index (χ0n) is 19.6. The van der Waals surface area contributed by atoms with Gasteiger partial charge < -0.3 is 16.0 Å². The summed E-state index contributed by atoms with van der Waals surface area (Å²) in [6.45, 7) is 3.65. The number of hydrogen-bond donors (Lipinski definition) is 3. The van der Waals surface area contributed by atoms with E-state index in [1.807, 2.05) is 61.7 Å². The van der Waals surface area contributed by atoms with Crippen LogP contribution in [0, 0.1) is 18.3 Å². The Kier molecular flexibility index (Phi) is 8.16. The average Bonchev–Trinajstić information content (AvgIpc) is 3.40. The predicted octanol–water partition coefficient (Wildman–Crippen LogP) is 6.42. The highest BCUT2D eigenvalue weighted by Gasteiger charge is 2.35. The van der Waals surface area contributed by atoms with Crippen LogP contribution >= 0.6 is 34.7 Å². The van der Waals surface area contributed by atoms with Crippen molar-refractivity contribution < 1.29 is 9.59 Å². The Bertz CT molecular complexity index is 1390. The van der Waals surface area contributed by atoms with Gasteiger partial charge in [-0.05, 0) is 55.1 Å². The summed E-state index contributed by atoms with van der Waals surface area (Å²) in [6.07, 6.45) is 0. The number of amides is 2. The number of rotatable bonds is 7. The van der Waals surface area contributed by atoms with Crippen molar-refractivity contribution in [2.45, 2.75) is 19.8 Å². The number of nitriles is 1. The van der Waals surface area contributed by atoms with E-state index in [2.05, 4.69) is 22.0 Å². The van der Waals surface area contributed by atoms with Crippen molar-refractivity contribution in [3.8, 4) is 6.07 Å². The van der Waals surface area contributed by atoms with E-state index in [0.717, 1.165) is 10.4 Å². The highest BCUT2D eigenvalue weighted by Crippen LogP contribution is 2.42. The Hall–Kier alpha value is -3.51. The van der Waals surface area contributed by atoms with Gasteiger partial charge >= 0.3 is 0 Å². The number of anilines is 2. The number of para-hydroxylation sites is 1. The molecule has 2 amide bonds. The first-order chi connectivity index (χ1) is 17.4. The number of thioether (sulfide) groups is 1. The highest BCUT2D eigenvalue weighted by atomic mass is 35.5. The minimum Gasteiger partial charge on any atom is -0.353 e. The monoisotopic (exact) mass is 534 g/mol. The van der Waals surface area contributed by atoms with E-state index in [1.54, 1.807) is 18.2 Å². The van der Waals surface area contributed by atoms with Crippen molar-refractivity contribution in [2.75, 3.05) is 16.4 Å². The molecule has 9 heteroatoms. The Balaban J connectivity index is 1.58. The van der Waals surface area contributed by atoms with Crippen molar-refractivity contribution in [3.05, 3.63) is 103 Å². The molecule has 0 saturated heterocycles. The lowest BCUT2D eigenvalue weighted by Crippen LogP contribution is -2.30. The lowest BCUT2D eigenvalue weighted by Gasteiger charge is -2.29. The topological polar surface area (TPSA) is 94.0 Å². The molecule has 3 N–H and O–H groups in total. The smallest absolute Gasteiger partial charge is 0.254 e. The summed E-state index contributed by atoms with van der Waals surface area (Å²) in [7, 11) is 0. The molecule has 1 aromatic heterocycles. The first-order valence-electron chi connectivity index (χ1n) is 11.1. The summed E-state index contributed by atoms with van der Waals surface area (Å²) in [5.41, 5.74) is 3.61. The summed E-state index contributed by atoms with van der Waals surface area (Å²) in [5, 5.41) is 22.2. The number of dihydropyridines is 1. The summed E-state index contributed by atoms with van der Waals surface area (Å²) < 4.78 is 0. The fourth-order valence-corrected chi connectivity index (χ4v) is 5.76. The fourth-order valence-electron chi connectivity index (χ4n) is 3.85. The molecule has 2 heterocycles. The van der Waals surface area contributed by atoms with E-state index >= 15 is 0 Å². The Morgan fingerprint density at radius 2 is 1.86 bits per heavy atom. The van der Waals surface area contributed by atoms with Gasteiger partial charge in [0.1, 0.15) is 0 Å². The van der Waals surface area contributed by atoms with Crippen LogP contribution in [0.1, 0.15) is 23.3 Å². The van der Waals surface area contributed by atoms with E-state index < -0.39 is 5.92 Å². The van der Waals surface area contributed by atoms with Gasteiger partial charge in [-0.2, -0.15) is 5.26 Å². The van der Waals surface area contributed by atoms with Gasteiger partial charge in [0.05, 0.1) is 28.3 Å². The minimum atomic E-state index is -0.541. The van der Waals surface area contributed by atoms with Crippen molar-refractivity contribution in [2.24, 2.45) is 0 Å².